The Kier molecular flexibility index (Phi) is 3.68. The van der Waals surface area contributed by atoms with Gasteiger partial charge in [0.15, 0.2) is 0 Å². The Balaban J connectivity index is 1.40. The minimum atomic E-state index is -0.479. The van der Waals surface area contributed by atoms with Crippen LogP contribution in [0.15, 0.2) is 24.4 Å². The van der Waals surface area contributed by atoms with Crippen LogP contribution in [0.2, 0.25) is 5.02 Å². The summed E-state index contributed by atoms with van der Waals surface area (Å²) in [7, 11) is 0. The van der Waals surface area contributed by atoms with Gasteiger partial charge in [-0.15, -0.1) is 0 Å². The lowest BCUT2D eigenvalue weighted by atomic mass is 10.2. The number of aryl methyl sites for hydroxylation is 1. The van der Waals surface area contributed by atoms with Gasteiger partial charge in [0, 0.05) is 42.9 Å². The number of pyridine rings is 1. The van der Waals surface area contributed by atoms with E-state index >= 15 is 0 Å². The number of carbonyl (C=O) groups is 2. The molecule has 0 unspecified atom stereocenters. The maximum Gasteiger partial charge on any atom is 0.267 e. The number of halogens is 1. The lowest BCUT2D eigenvalue weighted by Gasteiger charge is -2.22. The van der Waals surface area contributed by atoms with Crippen LogP contribution in [0.25, 0.3) is 0 Å². The van der Waals surface area contributed by atoms with Crippen LogP contribution in [-0.4, -0.2) is 40.9 Å². The molecule has 1 saturated carbocycles. The molecule has 0 spiro atoms. The van der Waals surface area contributed by atoms with Gasteiger partial charge in [0.25, 0.3) is 11.8 Å². The maximum atomic E-state index is 12.3. The third-order valence-electron chi connectivity index (χ3n) is 5.04. The van der Waals surface area contributed by atoms with Gasteiger partial charge in [-0.1, -0.05) is 11.6 Å². The first-order chi connectivity index (χ1) is 12.0. The third kappa shape index (κ3) is 2.74. The van der Waals surface area contributed by atoms with E-state index in [-0.39, 0.29) is 11.9 Å². The molecule has 2 aromatic heterocycles. The number of aromatic amines is 1. The number of H-pyrrole nitrogens is 1. The number of aromatic nitrogens is 2. The molecule has 2 aromatic rings. The van der Waals surface area contributed by atoms with Crippen molar-refractivity contribution >= 4 is 29.2 Å². The van der Waals surface area contributed by atoms with Crippen molar-refractivity contribution in [2.24, 2.45) is 17.6 Å². The maximum absolute atomic E-state index is 12.3. The highest BCUT2D eigenvalue weighted by Crippen LogP contribution is 2.47. The van der Waals surface area contributed by atoms with Crippen LogP contribution in [0.1, 0.15) is 26.5 Å². The number of primary amides is 1. The van der Waals surface area contributed by atoms with Gasteiger partial charge in [-0.25, -0.2) is 4.98 Å². The van der Waals surface area contributed by atoms with Crippen molar-refractivity contribution in [1.29, 1.82) is 0 Å². The van der Waals surface area contributed by atoms with E-state index in [0.29, 0.717) is 33.9 Å². The van der Waals surface area contributed by atoms with Gasteiger partial charge in [-0.3, -0.25) is 9.59 Å². The Hall–Kier alpha value is -2.54. The second-order valence-corrected chi connectivity index (χ2v) is 7.03. The molecule has 0 radical (unpaired) electrons. The van der Waals surface area contributed by atoms with Crippen molar-refractivity contribution < 1.29 is 9.59 Å². The predicted molar refractivity (Wildman–Crippen MR) is 93.7 cm³/mol. The largest absolute Gasteiger partial charge is 0.365 e. The molecule has 2 aliphatic rings. The number of piperidine rings is 1. The molecule has 25 heavy (non-hydrogen) atoms. The summed E-state index contributed by atoms with van der Waals surface area (Å²) in [6.07, 6.45) is 1.66. The first-order valence-electron chi connectivity index (χ1n) is 8.11. The summed E-state index contributed by atoms with van der Waals surface area (Å²) in [5.41, 5.74) is 7.11. The fourth-order valence-electron chi connectivity index (χ4n) is 3.64. The molecule has 0 bridgehead atoms. The molecule has 0 aromatic carbocycles. The van der Waals surface area contributed by atoms with E-state index in [1.54, 1.807) is 24.4 Å². The number of nitrogens with zero attached hydrogens (tertiary/aromatic N) is 2. The topological polar surface area (TPSA) is 104 Å². The molecular weight excluding hydrogens is 342 g/mol. The average Bonchev–Trinajstić information content (AvgIpc) is 2.93. The van der Waals surface area contributed by atoms with E-state index in [1.807, 2.05) is 6.92 Å². The monoisotopic (exact) mass is 359 g/mol. The number of hydrogen-bond donors (Lipinski definition) is 3. The fourth-order valence-corrected chi connectivity index (χ4v) is 3.80. The lowest BCUT2D eigenvalue weighted by molar-refractivity contribution is 0.0941. The summed E-state index contributed by atoms with van der Waals surface area (Å²) >= 11 is 5.99. The number of rotatable bonds is 4. The summed E-state index contributed by atoms with van der Waals surface area (Å²) in [4.78, 5) is 33.2. The molecule has 7 nitrogen and oxygen atoms in total. The van der Waals surface area contributed by atoms with E-state index in [2.05, 4.69) is 20.2 Å². The summed E-state index contributed by atoms with van der Waals surface area (Å²) in [5, 5.41) is 3.61. The number of carbonyl (C=O) groups excluding carboxylic acids is 2. The zero-order valence-corrected chi connectivity index (χ0v) is 14.4. The normalized spacial score (nSPS) is 24.1. The van der Waals surface area contributed by atoms with Gasteiger partial charge < -0.3 is 20.9 Å². The molecule has 8 heteroatoms. The number of amides is 2. The highest BCUT2D eigenvalue weighted by atomic mass is 35.5. The highest BCUT2D eigenvalue weighted by Gasteiger charge is 2.57. The second-order valence-electron chi connectivity index (χ2n) is 6.63. The quantitative estimate of drug-likeness (QED) is 0.766. The molecule has 3 heterocycles. The zero-order valence-electron chi connectivity index (χ0n) is 13.6. The van der Waals surface area contributed by atoms with Crippen molar-refractivity contribution in [2.75, 3.05) is 18.0 Å². The number of hydrogen-bond acceptors (Lipinski definition) is 4. The number of nitrogens with two attached hydrogens (primary N) is 1. The molecule has 2 amide bonds. The van der Waals surface area contributed by atoms with E-state index in [0.717, 1.165) is 18.8 Å². The van der Waals surface area contributed by atoms with E-state index in [4.69, 9.17) is 17.3 Å². The minimum absolute atomic E-state index is 0.142. The van der Waals surface area contributed by atoms with Gasteiger partial charge in [-0.05, 0) is 25.1 Å². The second kappa shape index (κ2) is 5.77. The number of fused-ring (bicyclic) bond motifs is 1. The Labute approximate surface area is 149 Å². The minimum Gasteiger partial charge on any atom is -0.365 e. The van der Waals surface area contributed by atoms with Crippen LogP contribution in [0.3, 0.4) is 0 Å². The fraction of sp³-hybridized carbons (Fsp3) is 0.353. The summed E-state index contributed by atoms with van der Waals surface area (Å²) in [6, 6.07) is 5.17. The van der Waals surface area contributed by atoms with E-state index in [1.165, 1.54) is 0 Å². The van der Waals surface area contributed by atoms with Crippen LogP contribution < -0.4 is 16.0 Å². The average molecular weight is 360 g/mol. The van der Waals surface area contributed by atoms with Crippen LogP contribution in [0.4, 0.5) is 5.82 Å². The van der Waals surface area contributed by atoms with Crippen LogP contribution in [-0.2, 0) is 0 Å². The molecular formula is C17H18ClN5O2. The summed E-state index contributed by atoms with van der Waals surface area (Å²) < 4.78 is 0. The smallest absolute Gasteiger partial charge is 0.267 e. The van der Waals surface area contributed by atoms with Gasteiger partial charge in [0.2, 0.25) is 0 Å². The van der Waals surface area contributed by atoms with Gasteiger partial charge in [0.1, 0.15) is 11.5 Å². The van der Waals surface area contributed by atoms with Gasteiger partial charge >= 0.3 is 0 Å². The van der Waals surface area contributed by atoms with E-state index < -0.39 is 5.91 Å². The SMILES string of the molecule is Cc1[nH]c(C(=O)N[C@@H]2[C@@H]3CN(c4ncccc4C(N)=O)C[C@@H]32)cc1Cl. The van der Waals surface area contributed by atoms with E-state index in [9.17, 15) is 9.59 Å². The molecule has 130 valence electrons. The molecule has 4 N–H and O–H groups in total. The van der Waals surface area contributed by atoms with Gasteiger partial charge in [-0.2, -0.15) is 0 Å². The zero-order chi connectivity index (χ0) is 17.7. The van der Waals surface area contributed by atoms with Crippen LogP contribution in [0.5, 0.6) is 0 Å². The third-order valence-corrected chi connectivity index (χ3v) is 5.43. The summed E-state index contributed by atoms with van der Waals surface area (Å²) in [5.74, 6) is 0.722. The highest BCUT2D eigenvalue weighted by molar-refractivity contribution is 6.31. The standard InChI is InChI=1S/C17H18ClN5O2/c1-8-12(18)5-13(21-8)17(25)22-14-10-6-23(7-11(10)14)16-9(15(19)24)3-2-4-20-16/h2-5,10-11,14,21H,6-7H2,1H3,(H2,19,24)(H,22,25)/t10-,11+,14-. The Bertz CT molecular complexity index is 833. The molecule has 2 fully saturated rings. The van der Waals surface area contributed by atoms with Crippen molar-refractivity contribution in [3.63, 3.8) is 0 Å². The van der Waals surface area contributed by atoms with Crippen LogP contribution >= 0.6 is 11.6 Å². The van der Waals surface area contributed by atoms with Crippen LogP contribution in [0, 0.1) is 18.8 Å². The lowest BCUT2D eigenvalue weighted by Crippen LogP contribution is -2.35. The molecule has 1 aliphatic heterocycles. The number of anilines is 1. The Morgan fingerprint density at radius 3 is 2.72 bits per heavy atom. The first kappa shape index (κ1) is 16.0. The van der Waals surface area contributed by atoms with Crippen molar-refractivity contribution in [2.45, 2.75) is 13.0 Å². The molecule has 1 aliphatic carbocycles. The van der Waals surface area contributed by atoms with Crippen molar-refractivity contribution in [3.05, 3.63) is 46.4 Å². The van der Waals surface area contributed by atoms with Crippen molar-refractivity contribution in [3.8, 4) is 0 Å². The first-order valence-corrected chi connectivity index (χ1v) is 8.49. The Morgan fingerprint density at radius 1 is 1.40 bits per heavy atom. The summed E-state index contributed by atoms with van der Waals surface area (Å²) in [6.45, 7) is 3.32. The Morgan fingerprint density at radius 2 is 2.12 bits per heavy atom. The predicted octanol–water partition coefficient (Wildman–Crippen LogP) is 1.34. The molecule has 3 atom stereocenters. The number of nitrogens with one attached hydrogen (secondary N) is 2. The van der Waals surface area contributed by atoms with Gasteiger partial charge in [0.05, 0.1) is 10.6 Å². The van der Waals surface area contributed by atoms with Crippen molar-refractivity contribution in [1.82, 2.24) is 15.3 Å². The molecule has 4 rings (SSSR count). The molecule has 1 saturated heterocycles.